The fraction of sp³-hybridized carbons (Fsp3) is 0.556. The Bertz CT molecular complexity index is 766. The summed E-state index contributed by atoms with van der Waals surface area (Å²) in [7, 11) is -3.10. The van der Waals surface area contributed by atoms with Gasteiger partial charge in [0, 0.05) is 12.6 Å². The molecule has 3 rings (SSSR count). The molecular weight excluding hydrogens is 354 g/mol. The highest BCUT2D eigenvalue weighted by Gasteiger charge is 2.37. The fourth-order valence-electron chi connectivity index (χ4n) is 3.82. The van der Waals surface area contributed by atoms with Crippen LogP contribution >= 0.6 is 0 Å². The van der Waals surface area contributed by atoms with Crippen LogP contribution < -0.4 is 5.73 Å². The van der Waals surface area contributed by atoms with Crippen LogP contribution in [0.1, 0.15) is 24.8 Å². The largest absolute Gasteiger partial charge is 0.368 e. The van der Waals surface area contributed by atoms with Crippen molar-refractivity contribution in [2.75, 3.05) is 24.6 Å². The summed E-state index contributed by atoms with van der Waals surface area (Å²) in [6.45, 7) is 1.12. The van der Waals surface area contributed by atoms with Crippen LogP contribution in [-0.4, -0.2) is 66.7 Å². The van der Waals surface area contributed by atoms with Crippen LogP contribution in [0.15, 0.2) is 30.3 Å². The van der Waals surface area contributed by atoms with E-state index in [0.717, 1.165) is 12.0 Å². The third kappa shape index (κ3) is 4.42. The molecule has 0 bridgehead atoms. The molecule has 0 spiro atoms. The molecule has 142 valence electrons. The molecule has 2 heterocycles. The van der Waals surface area contributed by atoms with Gasteiger partial charge in [0.05, 0.1) is 24.1 Å². The number of primary amides is 1. The number of hydrogen-bond acceptors (Lipinski definition) is 5. The highest BCUT2D eigenvalue weighted by Crippen LogP contribution is 2.22. The molecule has 1 aromatic rings. The smallest absolute Gasteiger partial charge is 0.237 e. The molecule has 0 saturated carbocycles. The maximum Gasteiger partial charge on any atom is 0.237 e. The van der Waals surface area contributed by atoms with E-state index in [0.29, 0.717) is 25.9 Å². The van der Waals surface area contributed by atoms with Crippen molar-refractivity contribution in [1.82, 2.24) is 9.80 Å². The summed E-state index contributed by atoms with van der Waals surface area (Å²) in [5, 5.41) is 0. The number of hydrogen-bond donors (Lipinski definition) is 1. The van der Waals surface area contributed by atoms with Gasteiger partial charge in [0.25, 0.3) is 0 Å². The van der Waals surface area contributed by atoms with Crippen molar-refractivity contribution in [3.8, 4) is 0 Å². The van der Waals surface area contributed by atoms with E-state index in [1.165, 1.54) is 0 Å². The molecular formula is C18H25N3O4S. The van der Waals surface area contributed by atoms with Gasteiger partial charge in [0.15, 0.2) is 9.84 Å². The van der Waals surface area contributed by atoms with E-state index in [9.17, 15) is 18.0 Å². The number of carbonyl (C=O) groups excluding carboxylic acids is 2. The highest BCUT2D eigenvalue weighted by molar-refractivity contribution is 7.91. The normalized spacial score (nSPS) is 25.2. The first-order valence-electron chi connectivity index (χ1n) is 8.93. The SMILES string of the molecule is NC(=O)[C@H]1CCCN1CC(=O)N(Cc1ccccc1)[C@@H]1CCS(=O)(=O)C1. The van der Waals surface area contributed by atoms with E-state index in [1.807, 2.05) is 35.2 Å². The maximum absolute atomic E-state index is 13.0. The van der Waals surface area contributed by atoms with Gasteiger partial charge >= 0.3 is 0 Å². The maximum atomic E-state index is 13.0. The second-order valence-corrected chi connectivity index (χ2v) is 9.32. The van der Waals surface area contributed by atoms with Crippen LogP contribution in [0.2, 0.25) is 0 Å². The van der Waals surface area contributed by atoms with E-state index < -0.39 is 21.8 Å². The van der Waals surface area contributed by atoms with Crippen LogP contribution in [0.25, 0.3) is 0 Å². The molecule has 8 heteroatoms. The number of amides is 2. The Morgan fingerprint density at radius 1 is 1.19 bits per heavy atom. The number of sulfone groups is 1. The lowest BCUT2D eigenvalue weighted by Crippen LogP contribution is -2.49. The molecule has 0 aliphatic carbocycles. The van der Waals surface area contributed by atoms with Crippen LogP contribution in [0.5, 0.6) is 0 Å². The van der Waals surface area contributed by atoms with E-state index in [4.69, 9.17) is 5.73 Å². The molecule has 0 radical (unpaired) electrons. The first-order chi connectivity index (χ1) is 12.4. The predicted molar refractivity (Wildman–Crippen MR) is 97.8 cm³/mol. The van der Waals surface area contributed by atoms with Crippen molar-refractivity contribution < 1.29 is 18.0 Å². The van der Waals surface area contributed by atoms with Gasteiger partial charge in [-0.1, -0.05) is 30.3 Å². The van der Waals surface area contributed by atoms with Gasteiger partial charge in [-0.3, -0.25) is 14.5 Å². The average Bonchev–Trinajstić information content (AvgIpc) is 3.19. The first-order valence-corrected chi connectivity index (χ1v) is 10.7. The number of carbonyl (C=O) groups is 2. The second-order valence-electron chi connectivity index (χ2n) is 7.09. The standard InChI is InChI=1S/C18H25N3O4S/c19-18(23)16-7-4-9-20(16)12-17(22)21(11-14-5-2-1-3-6-14)15-8-10-26(24,25)13-15/h1-3,5-6,15-16H,4,7-13H2,(H2,19,23)/t15-,16-/m1/s1. The van der Waals surface area contributed by atoms with Gasteiger partial charge in [-0.25, -0.2) is 8.42 Å². The van der Waals surface area contributed by atoms with Crippen molar-refractivity contribution in [2.45, 2.75) is 37.9 Å². The molecule has 0 aromatic heterocycles. The van der Waals surface area contributed by atoms with Gasteiger partial charge in [0.2, 0.25) is 11.8 Å². The molecule has 2 N–H and O–H groups in total. The Labute approximate surface area is 154 Å². The minimum Gasteiger partial charge on any atom is -0.368 e. The molecule has 0 unspecified atom stereocenters. The number of likely N-dealkylation sites (tertiary alicyclic amines) is 1. The van der Waals surface area contributed by atoms with E-state index >= 15 is 0 Å². The molecule has 2 amide bonds. The Kier molecular flexibility index (Phi) is 5.62. The fourth-order valence-corrected chi connectivity index (χ4v) is 5.56. The molecule has 7 nitrogen and oxygen atoms in total. The lowest BCUT2D eigenvalue weighted by atomic mass is 10.1. The van der Waals surface area contributed by atoms with Gasteiger partial charge in [-0.05, 0) is 31.4 Å². The number of nitrogens with two attached hydrogens (primary N) is 1. The number of nitrogens with zero attached hydrogens (tertiary/aromatic N) is 2. The highest BCUT2D eigenvalue weighted by atomic mass is 32.2. The minimum absolute atomic E-state index is 0.00478. The Hall–Kier alpha value is -1.93. The molecule has 2 saturated heterocycles. The van der Waals surface area contributed by atoms with E-state index in [2.05, 4.69) is 0 Å². The summed E-state index contributed by atoms with van der Waals surface area (Å²) in [6.07, 6.45) is 1.96. The summed E-state index contributed by atoms with van der Waals surface area (Å²) < 4.78 is 23.8. The van der Waals surface area contributed by atoms with Gasteiger partial charge in [-0.15, -0.1) is 0 Å². The van der Waals surface area contributed by atoms with Crippen LogP contribution in [0.3, 0.4) is 0 Å². The molecule has 2 aliphatic heterocycles. The minimum atomic E-state index is -3.10. The van der Waals surface area contributed by atoms with Crippen LogP contribution in [0, 0.1) is 0 Å². The quantitative estimate of drug-likeness (QED) is 0.758. The van der Waals surface area contributed by atoms with Crippen molar-refractivity contribution in [3.63, 3.8) is 0 Å². The number of benzene rings is 1. The van der Waals surface area contributed by atoms with Crippen molar-refractivity contribution in [1.29, 1.82) is 0 Å². The summed E-state index contributed by atoms with van der Waals surface area (Å²) in [5.74, 6) is -0.438. The molecule has 2 aliphatic rings. The van der Waals surface area contributed by atoms with Crippen LogP contribution in [0.4, 0.5) is 0 Å². The summed E-state index contributed by atoms with van der Waals surface area (Å²) in [4.78, 5) is 28.1. The van der Waals surface area contributed by atoms with Crippen molar-refractivity contribution in [3.05, 3.63) is 35.9 Å². The van der Waals surface area contributed by atoms with E-state index in [-0.39, 0.29) is 30.0 Å². The Morgan fingerprint density at radius 3 is 2.54 bits per heavy atom. The zero-order valence-electron chi connectivity index (χ0n) is 14.7. The van der Waals surface area contributed by atoms with Gasteiger partial charge in [0.1, 0.15) is 0 Å². The summed E-state index contributed by atoms with van der Waals surface area (Å²) in [6, 6.07) is 8.81. The molecule has 26 heavy (non-hydrogen) atoms. The van der Waals surface area contributed by atoms with Gasteiger partial charge < -0.3 is 10.6 Å². The topological polar surface area (TPSA) is 101 Å². The Balaban J connectivity index is 1.76. The van der Waals surface area contributed by atoms with Crippen molar-refractivity contribution in [2.24, 2.45) is 5.73 Å². The van der Waals surface area contributed by atoms with Gasteiger partial charge in [-0.2, -0.15) is 0 Å². The monoisotopic (exact) mass is 379 g/mol. The second kappa shape index (κ2) is 7.75. The van der Waals surface area contributed by atoms with Crippen LogP contribution in [-0.2, 0) is 26.0 Å². The summed E-state index contributed by atoms with van der Waals surface area (Å²) in [5.41, 5.74) is 6.39. The lowest BCUT2D eigenvalue weighted by Gasteiger charge is -2.31. The average molecular weight is 379 g/mol. The number of rotatable bonds is 6. The lowest BCUT2D eigenvalue weighted by molar-refractivity contribution is -0.136. The Morgan fingerprint density at radius 2 is 1.92 bits per heavy atom. The van der Waals surface area contributed by atoms with E-state index in [1.54, 1.807) is 4.90 Å². The third-order valence-corrected chi connectivity index (χ3v) is 6.95. The third-order valence-electron chi connectivity index (χ3n) is 5.20. The molecule has 2 atom stereocenters. The predicted octanol–water partition coefficient (Wildman–Crippen LogP) is 0.152. The first kappa shape index (κ1) is 18.8. The zero-order chi connectivity index (χ0) is 18.7. The summed E-state index contributed by atoms with van der Waals surface area (Å²) >= 11 is 0. The molecule has 2 fully saturated rings. The molecule has 1 aromatic carbocycles. The van der Waals surface area contributed by atoms with Crippen molar-refractivity contribution >= 4 is 21.7 Å². The zero-order valence-corrected chi connectivity index (χ0v) is 15.5.